The molecule has 0 unspecified atom stereocenters. The molecule has 0 saturated carbocycles. The van der Waals surface area contributed by atoms with Gasteiger partial charge >= 0.3 is 0 Å². The highest BCUT2D eigenvalue weighted by atomic mass is 16.1. The lowest BCUT2D eigenvalue weighted by atomic mass is 9.99. The molecular formula is C22H24N4O. The van der Waals surface area contributed by atoms with E-state index in [-0.39, 0.29) is 5.91 Å². The van der Waals surface area contributed by atoms with Gasteiger partial charge in [-0.25, -0.2) is 0 Å². The summed E-state index contributed by atoms with van der Waals surface area (Å²) in [7, 11) is 0. The molecule has 1 aromatic heterocycles. The Kier molecular flexibility index (Phi) is 5.81. The highest BCUT2D eigenvalue weighted by Gasteiger charge is 2.11. The molecule has 0 spiro atoms. The van der Waals surface area contributed by atoms with Gasteiger partial charge in [0.15, 0.2) is 5.82 Å². The van der Waals surface area contributed by atoms with Crippen molar-refractivity contribution in [2.75, 3.05) is 18.4 Å². The predicted molar refractivity (Wildman–Crippen MR) is 110 cm³/mol. The number of benzene rings is 2. The molecule has 5 heteroatoms. The first-order valence-electron chi connectivity index (χ1n) is 9.03. The molecule has 3 aromatic rings. The van der Waals surface area contributed by atoms with E-state index in [1.54, 1.807) is 0 Å². The van der Waals surface area contributed by atoms with Gasteiger partial charge in [-0.2, -0.15) is 5.10 Å². The summed E-state index contributed by atoms with van der Waals surface area (Å²) in [5.41, 5.74) is 4.61. The molecule has 0 bridgehead atoms. The molecule has 2 aromatic carbocycles. The molecule has 0 aliphatic carbocycles. The van der Waals surface area contributed by atoms with Gasteiger partial charge in [-0.15, -0.1) is 5.10 Å². The van der Waals surface area contributed by atoms with Crippen LogP contribution in [0.4, 0.5) is 5.82 Å². The van der Waals surface area contributed by atoms with Crippen LogP contribution in [-0.4, -0.2) is 29.2 Å². The fourth-order valence-corrected chi connectivity index (χ4v) is 2.96. The van der Waals surface area contributed by atoms with Gasteiger partial charge in [-0.05, 0) is 48.7 Å². The Labute approximate surface area is 159 Å². The Morgan fingerprint density at radius 2 is 1.74 bits per heavy atom. The summed E-state index contributed by atoms with van der Waals surface area (Å²) in [4.78, 5) is 11.3. The van der Waals surface area contributed by atoms with Crippen LogP contribution in [0.3, 0.4) is 0 Å². The number of hydrogen-bond acceptors (Lipinski definition) is 4. The van der Waals surface area contributed by atoms with Crippen molar-refractivity contribution < 1.29 is 4.79 Å². The third-order valence-electron chi connectivity index (χ3n) is 4.59. The molecule has 138 valence electrons. The monoisotopic (exact) mass is 360 g/mol. The van der Waals surface area contributed by atoms with E-state index in [0.29, 0.717) is 13.1 Å². The van der Waals surface area contributed by atoms with Gasteiger partial charge in [-0.3, -0.25) is 4.79 Å². The van der Waals surface area contributed by atoms with E-state index in [1.807, 2.05) is 18.2 Å². The van der Waals surface area contributed by atoms with Gasteiger partial charge in [0, 0.05) is 30.3 Å². The number of nitrogens with one attached hydrogen (secondary N) is 2. The minimum Gasteiger partial charge on any atom is -0.366 e. The normalized spacial score (nSPS) is 10.6. The molecule has 0 aliphatic rings. The lowest BCUT2D eigenvalue weighted by Crippen LogP contribution is -2.27. The second kappa shape index (κ2) is 8.45. The average molecular weight is 360 g/mol. The number of carbonyl (C=O) groups is 1. The summed E-state index contributed by atoms with van der Waals surface area (Å²) in [6.07, 6.45) is 2.00. The van der Waals surface area contributed by atoms with Crippen LogP contribution in [0.2, 0.25) is 0 Å². The highest BCUT2D eigenvalue weighted by molar-refractivity contribution is 5.94. The average Bonchev–Trinajstić information content (AvgIpc) is 2.68. The lowest BCUT2D eigenvalue weighted by molar-refractivity contribution is -0.116. The fourth-order valence-electron chi connectivity index (χ4n) is 2.96. The number of aryl methyl sites for hydroxylation is 2. The zero-order valence-electron chi connectivity index (χ0n) is 15.7. The van der Waals surface area contributed by atoms with E-state index in [0.717, 1.165) is 28.7 Å². The minimum absolute atomic E-state index is 0.183. The van der Waals surface area contributed by atoms with Gasteiger partial charge in [0.25, 0.3) is 0 Å². The zero-order valence-corrected chi connectivity index (χ0v) is 15.7. The summed E-state index contributed by atoms with van der Waals surface area (Å²) in [6.45, 7) is 8.71. The van der Waals surface area contributed by atoms with Crippen LogP contribution in [-0.2, 0) is 11.2 Å². The lowest BCUT2D eigenvalue weighted by Gasteiger charge is -2.13. The third kappa shape index (κ3) is 4.50. The van der Waals surface area contributed by atoms with E-state index in [9.17, 15) is 4.79 Å². The molecule has 0 aliphatic heterocycles. The molecule has 3 rings (SSSR count). The number of carbonyl (C=O) groups excluding carboxylic acids is 1. The smallest absolute Gasteiger partial charge is 0.243 e. The quantitative estimate of drug-likeness (QED) is 0.499. The molecule has 5 nitrogen and oxygen atoms in total. The van der Waals surface area contributed by atoms with Gasteiger partial charge < -0.3 is 10.6 Å². The van der Waals surface area contributed by atoms with Crippen molar-refractivity contribution in [3.8, 4) is 0 Å². The van der Waals surface area contributed by atoms with Crippen molar-refractivity contribution in [3.05, 3.63) is 77.5 Å². The van der Waals surface area contributed by atoms with Crippen molar-refractivity contribution in [2.45, 2.75) is 20.3 Å². The van der Waals surface area contributed by atoms with Crippen LogP contribution in [0.1, 0.15) is 22.4 Å². The van der Waals surface area contributed by atoms with E-state index in [4.69, 9.17) is 0 Å². The molecule has 0 saturated heterocycles. The van der Waals surface area contributed by atoms with E-state index in [2.05, 4.69) is 65.5 Å². The van der Waals surface area contributed by atoms with Gasteiger partial charge in [-0.1, -0.05) is 36.9 Å². The van der Waals surface area contributed by atoms with E-state index in [1.165, 1.54) is 22.8 Å². The summed E-state index contributed by atoms with van der Waals surface area (Å²) >= 11 is 0. The summed E-state index contributed by atoms with van der Waals surface area (Å²) in [6, 6.07) is 14.6. The molecule has 1 amide bonds. The predicted octanol–water partition coefficient (Wildman–Crippen LogP) is 3.55. The molecule has 1 heterocycles. The van der Waals surface area contributed by atoms with Crippen LogP contribution in [0.25, 0.3) is 10.8 Å². The molecule has 2 N–H and O–H groups in total. The Balaban J connectivity index is 1.89. The van der Waals surface area contributed by atoms with Crippen LogP contribution in [0, 0.1) is 13.8 Å². The fraction of sp³-hybridized carbons (Fsp3) is 0.227. The first-order chi connectivity index (χ1) is 13.1. The summed E-state index contributed by atoms with van der Waals surface area (Å²) < 4.78 is 0. The Morgan fingerprint density at radius 3 is 2.44 bits per heavy atom. The van der Waals surface area contributed by atoms with Crippen molar-refractivity contribution in [2.24, 2.45) is 0 Å². The maximum absolute atomic E-state index is 11.3. The Hall–Kier alpha value is -3.21. The molecule has 0 atom stereocenters. The maximum Gasteiger partial charge on any atom is 0.243 e. The third-order valence-corrected chi connectivity index (χ3v) is 4.59. The highest BCUT2D eigenvalue weighted by Crippen LogP contribution is 2.27. The van der Waals surface area contributed by atoms with Crippen LogP contribution in [0.15, 0.2) is 55.1 Å². The Morgan fingerprint density at radius 1 is 1.04 bits per heavy atom. The largest absolute Gasteiger partial charge is 0.366 e. The van der Waals surface area contributed by atoms with E-state index >= 15 is 0 Å². The first-order valence-corrected chi connectivity index (χ1v) is 9.03. The number of aromatic nitrogens is 2. The SMILES string of the molecule is C=CC(=O)NCCNc1nnc(Cc2ccccc2)c2cc(C)c(C)cc12. The number of fused-ring (bicyclic) bond motifs is 1. The van der Waals surface area contributed by atoms with E-state index < -0.39 is 0 Å². The Bertz CT molecular complexity index is 967. The van der Waals surface area contributed by atoms with Crippen LogP contribution < -0.4 is 10.6 Å². The van der Waals surface area contributed by atoms with Gasteiger partial charge in [0.1, 0.15) is 0 Å². The van der Waals surface area contributed by atoms with Crippen LogP contribution >= 0.6 is 0 Å². The number of amides is 1. The van der Waals surface area contributed by atoms with Crippen molar-refractivity contribution in [1.29, 1.82) is 0 Å². The molecule has 0 fully saturated rings. The van der Waals surface area contributed by atoms with Gasteiger partial charge in [0.05, 0.1) is 5.69 Å². The minimum atomic E-state index is -0.183. The first kappa shape index (κ1) is 18.6. The second-order valence-corrected chi connectivity index (χ2v) is 6.56. The van der Waals surface area contributed by atoms with Gasteiger partial charge in [0.2, 0.25) is 5.91 Å². The second-order valence-electron chi connectivity index (χ2n) is 6.56. The molecule has 27 heavy (non-hydrogen) atoms. The summed E-state index contributed by atoms with van der Waals surface area (Å²) in [5, 5.41) is 17.1. The number of hydrogen-bond donors (Lipinski definition) is 2. The number of rotatable bonds is 7. The zero-order chi connectivity index (χ0) is 19.2. The van der Waals surface area contributed by atoms with Crippen molar-refractivity contribution in [1.82, 2.24) is 15.5 Å². The number of anilines is 1. The molecule has 0 radical (unpaired) electrons. The van der Waals surface area contributed by atoms with Crippen LogP contribution in [0.5, 0.6) is 0 Å². The summed E-state index contributed by atoms with van der Waals surface area (Å²) in [5.74, 6) is 0.551. The standard InChI is InChI=1S/C22H24N4O/c1-4-21(27)23-10-11-24-22-19-13-16(3)15(2)12-18(19)20(25-26-22)14-17-8-6-5-7-9-17/h4-9,12-13H,1,10-11,14H2,2-3H3,(H,23,27)(H,24,26). The topological polar surface area (TPSA) is 66.9 Å². The number of nitrogens with zero attached hydrogens (tertiary/aromatic N) is 2. The van der Waals surface area contributed by atoms with Crippen molar-refractivity contribution in [3.63, 3.8) is 0 Å². The molecular weight excluding hydrogens is 336 g/mol. The maximum atomic E-state index is 11.3. The van der Waals surface area contributed by atoms with Crippen molar-refractivity contribution >= 4 is 22.5 Å².